The lowest BCUT2D eigenvalue weighted by Gasteiger charge is -2.40. The molecule has 30 heavy (non-hydrogen) atoms. The van der Waals surface area contributed by atoms with Crippen LogP contribution >= 0.6 is 0 Å². The molecule has 0 aromatic heterocycles. The summed E-state index contributed by atoms with van der Waals surface area (Å²) in [6.07, 6.45) is 6.70. The van der Waals surface area contributed by atoms with E-state index in [2.05, 4.69) is 23.1 Å². The van der Waals surface area contributed by atoms with E-state index in [0.29, 0.717) is 12.5 Å². The van der Waals surface area contributed by atoms with Crippen LogP contribution in [0.3, 0.4) is 0 Å². The molecule has 4 nitrogen and oxygen atoms in total. The summed E-state index contributed by atoms with van der Waals surface area (Å²) in [6, 6.07) is 14.6. The molecule has 6 rings (SSSR count). The van der Waals surface area contributed by atoms with Crippen molar-refractivity contribution >= 4 is 6.02 Å². The Bertz CT molecular complexity index is 992. The van der Waals surface area contributed by atoms with Gasteiger partial charge in [0.15, 0.2) is 0 Å². The van der Waals surface area contributed by atoms with Gasteiger partial charge in [-0.25, -0.2) is 9.38 Å². The van der Waals surface area contributed by atoms with Crippen molar-refractivity contribution in [3.63, 3.8) is 0 Å². The van der Waals surface area contributed by atoms with E-state index in [-0.39, 0.29) is 23.4 Å². The molecule has 0 amide bonds. The molecule has 2 saturated carbocycles. The summed E-state index contributed by atoms with van der Waals surface area (Å²) < 4.78 is 19.8. The molecule has 0 radical (unpaired) electrons. The lowest BCUT2D eigenvalue weighted by atomic mass is 9.74. The molecule has 5 heteroatoms. The van der Waals surface area contributed by atoms with Gasteiger partial charge in [0.05, 0.1) is 6.04 Å². The van der Waals surface area contributed by atoms with Gasteiger partial charge in [-0.15, -0.1) is 0 Å². The molecule has 156 valence electrons. The molecule has 1 atom stereocenters. The molecule has 2 N–H and O–H groups in total. The van der Waals surface area contributed by atoms with Crippen molar-refractivity contribution in [2.45, 2.75) is 62.1 Å². The van der Waals surface area contributed by atoms with E-state index in [4.69, 9.17) is 15.5 Å². The Hall–Kier alpha value is -2.40. The molecule has 2 heterocycles. The molecule has 0 bridgehead atoms. The summed E-state index contributed by atoms with van der Waals surface area (Å²) in [6.45, 7) is 1.48. The Morgan fingerprint density at radius 1 is 1.07 bits per heavy atom. The van der Waals surface area contributed by atoms with Gasteiger partial charge in [0.1, 0.15) is 18.0 Å². The van der Waals surface area contributed by atoms with E-state index in [9.17, 15) is 4.39 Å². The maximum absolute atomic E-state index is 13.7. The van der Waals surface area contributed by atoms with Gasteiger partial charge in [-0.1, -0.05) is 36.8 Å². The second-order valence-electron chi connectivity index (χ2n) is 9.52. The van der Waals surface area contributed by atoms with Gasteiger partial charge in [-0.05, 0) is 72.4 Å². The van der Waals surface area contributed by atoms with Crippen molar-refractivity contribution in [2.75, 3.05) is 13.2 Å². The third-order valence-electron chi connectivity index (χ3n) is 7.52. The largest absolute Gasteiger partial charge is 0.463 e. The first-order chi connectivity index (χ1) is 14.6. The topological polar surface area (TPSA) is 50.9 Å². The standard InChI is InChI=1S/C25H28FN3O/c26-18-9-7-17(8-10-18)23-22-6-2-5-20(16-3-1-4-16)21(22)11-12-29(23)24-28-25(15-30-24)13-19(27)14-25/h2,5-10,16,19,23H,1,3-4,11-15,27H2/t19?,23-,25?/m0/s1. The van der Waals surface area contributed by atoms with Crippen LogP contribution in [0.1, 0.15) is 66.3 Å². The monoisotopic (exact) mass is 405 g/mol. The van der Waals surface area contributed by atoms with Crippen molar-refractivity contribution in [2.24, 2.45) is 10.7 Å². The number of rotatable bonds is 2. The molecule has 0 unspecified atom stereocenters. The Morgan fingerprint density at radius 3 is 2.53 bits per heavy atom. The maximum Gasteiger partial charge on any atom is 0.288 e. The van der Waals surface area contributed by atoms with Gasteiger partial charge in [0.2, 0.25) is 0 Å². The summed E-state index contributed by atoms with van der Waals surface area (Å²) in [5.41, 5.74) is 11.3. The van der Waals surface area contributed by atoms with E-state index < -0.39 is 0 Å². The van der Waals surface area contributed by atoms with Crippen LogP contribution in [-0.2, 0) is 11.2 Å². The fraction of sp³-hybridized carbons (Fsp3) is 0.480. The minimum absolute atomic E-state index is 0.00275. The molecular weight excluding hydrogens is 377 g/mol. The highest BCUT2D eigenvalue weighted by Crippen LogP contribution is 2.45. The Kier molecular flexibility index (Phi) is 4.17. The number of aliphatic imine (C=N–C) groups is 1. The predicted octanol–water partition coefficient (Wildman–Crippen LogP) is 4.29. The number of hydrogen-bond acceptors (Lipinski definition) is 4. The predicted molar refractivity (Wildman–Crippen MR) is 115 cm³/mol. The van der Waals surface area contributed by atoms with Crippen molar-refractivity contribution in [1.29, 1.82) is 0 Å². The molecule has 0 saturated heterocycles. The highest BCUT2D eigenvalue weighted by Gasteiger charge is 2.49. The van der Waals surface area contributed by atoms with Crippen LogP contribution < -0.4 is 5.73 Å². The molecule has 2 aliphatic heterocycles. The van der Waals surface area contributed by atoms with Gasteiger partial charge >= 0.3 is 0 Å². The van der Waals surface area contributed by atoms with Gasteiger partial charge in [-0.3, -0.25) is 0 Å². The lowest BCUT2D eigenvalue weighted by Crippen LogP contribution is -2.51. The zero-order valence-electron chi connectivity index (χ0n) is 17.2. The summed E-state index contributed by atoms with van der Waals surface area (Å²) in [7, 11) is 0. The first-order valence-corrected chi connectivity index (χ1v) is 11.2. The van der Waals surface area contributed by atoms with Crippen LogP contribution in [0.2, 0.25) is 0 Å². The van der Waals surface area contributed by atoms with Gasteiger partial charge < -0.3 is 15.4 Å². The number of nitrogens with two attached hydrogens (primary N) is 1. The van der Waals surface area contributed by atoms with E-state index in [1.54, 1.807) is 12.1 Å². The normalized spacial score (nSPS) is 30.3. The lowest BCUT2D eigenvalue weighted by molar-refractivity contribution is 0.140. The van der Waals surface area contributed by atoms with Crippen LogP contribution in [0, 0.1) is 5.82 Å². The van der Waals surface area contributed by atoms with Crippen LogP contribution in [-0.4, -0.2) is 35.7 Å². The fourth-order valence-electron chi connectivity index (χ4n) is 5.75. The number of hydrogen-bond donors (Lipinski definition) is 1. The second-order valence-corrected chi connectivity index (χ2v) is 9.52. The van der Waals surface area contributed by atoms with Gasteiger partial charge in [-0.2, -0.15) is 0 Å². The minimum atomic E-state index is -0.207. The Morgan fingerprint density at radius 2 is 1.83 bits per heavy atom. The van der Waals surface area contributed by atoms with Gasteiger partial charge in [0, 0.05) is 12.6 Å². The molecule has 4 aliphatic rings. The zero-order chi connectivity index (χ0) is 20.3. The molecule has 2 aliphatic carbocycles. The van der Waals surface area contributed by atoms with Crippen molar-refractivity contribution < 1.29 is 9.13 Å². The quantitative estimate of drug-likeness (QED) is 0.811. The molecule has 2 aromatic carbocycles. The number of ether oxygens (including phenoxy) is 1. The molecule has 2 aromatic rings. The zero-order valence-corrected chi connectivity index (χ0v) is 17.2. The van der Waals surface area contributed by atoms with Gasteiger partial charge in [0.25, 0.3) is 6.02 Å². The smallest absolute Gasteiger partial charge is 0.288 e. The number of halogens is 1. The highest BCUT2D eigenvalue weighted by atomic mass is 19.1. The Balaban J connectivity index is 1.42. The summed E-state index contributed by atoms with van der Waals surface area (Å²) >= 11 is 0. The number of nitrogens with zero attached hydrogens (tertiary/aromatic N) is 2. The average Bonchev–Trinajstić information content (AvgIpc) is 3.12. The Labute approximate surface area is 176 Å². The summed E-state index contributed by atoms with van der Waals surface area (Å²) in [5.74, 6) is 0.488. The van der Waals surface area contributed by atoms with Crippen molar-refractivity contribution in [3.05, 3.63) is 70.5 Å². The van der Waals surface area contributed by atoms with Crippen LogP contribution in [0.4, 0.5) is 4.39 Å². The molecule has 2 fully saturated rings. The van der Waals surface area contributed by atoms with E-state index in [1.807, 2.05) is 12.1 Å². The summed E-state index contributed by atoms with van der Waals surface area (Å²) in [5, 5.41) is 0. The molecular formula is C25H28FN3O. The molecule has 1 spiro atoms. The van der Waals surface area contributed by atoms with Crippen molar-refractivity contribution in [1.82, 2.24) is 4.90 Å². The second kappa shape index (κ2) is 6.81. The third kappa shape index (κ3) is 2.86. The first kappa shape index (κ1) is 18.4. The number of fused-ring (bicyclic) bond motifs is 1. The van der Waals surface area contributed by atoms with E-state index in [0.717, 1.165) is 37.4 Å². The van der Waals surface area contributed by atoms with Crippen LogP contribution in [0.25, 0.3) is 0 Å². The van der Waals surface area contributed by atoms with E-state index >= 15 is 0 Å². The fourth-order valence-corrected chi connectivity index (χ4v) is 5.75. The first-order valence-electron chi connectivity index (χ1n) is 11.2. The number of amidine groups is 1. The number of benzene rings is 2. The van der Waals surface area contributed by atoms with Crippen LogP contribution in [0.15, 0.2) is 47.5 Å². The van der Waals surface area contributed by atoms with E-state index in [1.165, 1.54) is 36.0 Å². The van der Waals surface area contributed by atoms with Crippen molar-refractivity contribution in [3.8, 4) is 0 Å². The van der Waals surface area contributed by atoms with Crippen LogP contribution in [0.5, 0.6) is 0 Å². The third-order valence-corrected chi connectivity index (χ3v) is 7.52. The minimum Gasteiger partial charge on any atom is -0.463 e. The highest BCUT2D eigenvalue weighted by molar-refractivity contribution is 5.78. The SMILES string of the molecule is NC1CC2(COC(N3CCc4c(C5CCC5)cccc4[C@@H]3c3ccc(F)cc3)=N2)C1. The average molecular weight is 406 g/mol. The maximum atomic E-state index is 13.7. The summed E-state index contributed by atoms with van der Waals surface area (Å²) in [4.78, 5) is 7.31.